The van der Waals surface area contributed by atoms with Crippen LogP contribution < -0.4 is 0 Å². The standard InChI is InChI=1S/2C15H20N2O.C2H6/c2*1-5-13(11(3)18)7-12-6-10(2)15-14(8-12)9-16-17(15)4;1-2/h2*6,8-9,13H,5,7H2,1-4H3;1-2H3/t2*13-;/m11./s1. The molecule has 0 spiro atoms. The van der Waals surface area contributed by atoms with E-state index in [1.807, 2.05) is 49.7 Å². The van der Waals surface area contributed by atoms with Crippen molar-refractivity contribution in [3.05, 3.63) is 58.9 Å². The Morgan fingerprint density at radius 3 is 1.34 bits per heavy atom. The van der Waals surface area contributed by atoms with Gasteiger partial charge in [0.1, 0.15) is 11.6 Å². The lowest BCUT2D eigenvalue weighted by molar-refractivity contribution is -0.121. The lowest BCUT2D eigenvalue weighted by atomic mass is 9.92. The molecule has 6 heteroatoms. The topological polar surface area (TPSA) is 69.8 Å². The van der Waals surface area contributed by atoms with E-state index in [0.717, 1.165) is 36.5 Å². The Bertz CT molecular complexity index is 1270. The number of Topliss-reactive ketones (excluding diaryl/α,β-unsaturated/α-hetero) is 2. The molecule has 2 aromatic carbocycles. The molecule has 2 atom stereocenters. The second kappa shape index (κ2) is 14.0. The van der Waals surface area contributed by atoms with Gasteiger partial charge in [0.15, 0.2) is 0 Å². The highest BCUT2D eigenvalue weighted by Crippen LogP contribution is 2.24. The molecular weight excluding hydrogens is 472 g/mol. The first-order chi connectivity index (χ1) is 18.0. The number of hydrogen-bond donors (Lipinski definition) is 0. The van der Waals surface area contributed by atoms with Crippen LogP contribution in [-0.2, 0) is 36.5 Å². The van der Waals surface area contributed by atoms with Gasteiger partial charge in [0.2, 0.25) is 0 Å². The van der Waals surface area contributed by atoms with Gasteiger partial charge in [-0.15, -0.1) is 0 Å². The molecule has 2 aromatic heterocycles. The molecule has 0 unspecified atom stereocenters. The molecule has 206 valence electrons. The average molecular weight is 519 g/mol. The third-order valence-corrected chi connectivity index (χ3v) is 7.27. The molecule has 0 bridgehead atoms. The molecule has 0 saturated heterocycles. The fourth-order valence-electron chi connectivity index (χ4n) is 5.22. The Kier molecular flexibility index (Phi) is 11.4. The first-order valence-electron chi connectivity index (χ1n) is 13.9. The molecule has 0 aliphatic carbocycles. The summed E-state index contributed by atoms with van der Waals surface area (Å²) in [5.74, 6) is 0.833. The summed E-state index contributed by atoms with van der Waals surface area (Å²) < 4.78 is 3.80. The van der Waals surface area contributed by atoms with Crippen LogP contribution in [0.5, 0.6) is 0 Å². The van der Waals surface area contributed by atoms with Gasteiger partial charge in [-0.1, -0.05) is 39.8 Å². The fourth-order valence-corrected chi connectivity index (χ4v) is 5.22. The summed E-state index contributed by atoms with van der Waals surface area (Å²) in [5.41, 5.74) is 7.26. The highest BCUT2D eigenvalue weighted by atomic mass is 16.1. The van der Waals surface area contributed by atoms with Crippen LogP contribution in [0, 0.1) is 25.7 Å². The molecule has 0 saturated carbocycles. The third-order valence-electron chi connectivity index (χ3n) is 7.27. The average Bonchev–Trinajstić information content (AvgIpc) is 3.45. The third kappa shape index (κ3) is 7.40. The number of hydrogen-bond acceptors (Lipinski definition) is 4. The van der Waals surface area contributed by atoms with E-state index in [1.54, 1.807) is 13.8 Å². The van der Waals surface area contributed by atoms with E-state index in [0.29, 0.717) is 0 Å². The monoisotopic (exact) mass is 518 g/mol. The lowest BCUT2D eigenvalue weighted by Gasteiger charge is -2.12. The van der Waals surface area contributed by atoms with E-state index >= 15 is 0 Å². The molecular formula is C32H46N4O2. The van der Waals surface area contributed by atoms with Crippen LogP contribution in [0.1, 0.15) is 76.6 Å². The van der Waals surface area contributed by atoms with Crippen LogP contribution in [0.25, 0.3) is 21.8 Å². The van der Waals surface area contributed by atoms with Crippen LogP contribution >= 0.6 is 0 Å². The maximum absolute atomic E-state index is 11.5. The van der Waals surface area contributed by atoms with Crippen molar-refractivity contribution in [1.82, 2.24) is 19.6 Å². The maximum atomic E-state index is 11.5. The Morgan fingerprint density at radius 2 is 1.05 bits per heavy atom. The Labute approximate surface area is 228 Å². The zero-order valence-corrected chi connectivity index (χ0v) is 25.1. The summed E-state index contributed by atoms with van der Waals surface area (Å²) in [6.45, 7) is 15.7. The summed E-state index contributed by atoms with van der Waals surface area (Å²) in [4.78, 5) is 23.0. The number of rotatable bonds is 8. The molecule has 2 heterocycles. The molecule has 6 nitrogen and oxygen atoms in total. The van der Waals surface area contributed by atoms with Crippen molar-refractivity contribution in [3.8, 4) is 0 Å². The van der Waals surface area contributed by atoms with Crippen LogP contribution in [0.3, 0.4) is 0 Å². The molecule has 38 heavy (non-hydrogen) atoms. The Balaban J connectivity index is 0.000000251. The van der Waals surface area contributed by atoms with Gasteiger partial charge in [0.05, 0.1) is 23.4 Å². The number of carbonyl (C=O) groups is 2. The molecule has 4 rings (SSSR count). The fraction of sp³-hybridized carbons (Fsp3) is 0.500. The van der Waals surface area contributed by atoms with E-state index in [9.17, 15) is 9.59 Å². The van der Waals surface area contributed by atoms with E-state index < -0.39 is 0 Å². The van der Waals surface area contributed by atoms with Crippen molar-refractivity contribution in [2.75, 3.05) is 0 Å². The van der Waals surface area contributed by atoms with E-state index in [-0.39, 0.29) is 23.4 Å². The quantitative estimate of drug-likeness (QED) is 0.249. The normalized spacial score (nSPS) is 12.4. The van der Waals surface area contributed by atoms with Crippen molar-refractivity contribution >= 4 is 33.4 Å². The molecule has 0 amide bonds. The van der Waals surface area contributed by atoms with E-state index in [1.165, 1.54) is 33.3 Å². The number of carbonyl (C=O) groups excluding carboxylic acids is 2. The first-order valence-corrected chi connectivity index (χ1v) is 13.9. The predicted molar refractivity (Wildman–Crippen MR) is 159 cm³/mol. The summed E-state index contributed by atoms with van der Waals surface area (Å²) in [6, 6.07) is 8.66. The van der Waals surface area contributed by atoms with E-state index in [4.69, 9.17) is 0 Å². The number of benzene rings is 2. The van der Waals surface area contributed by atoms with Crippen molar-refractivity contribution in [2.24, 2.45) is 25.9 Å². The van der Waals surface area contributed by atoms with Crippen LogP contribution in [-0.4, -0.2) is 31.1 Å². The van der Waals surface area contributed by atoms with Gasteiger partial charge in [0, 0.05) is 36.7 Å². The summed E-state index contributed by atoms with van der Waals surface area (Å²) in [7, 11) is 3.92. The van der Waals surface area contributed by atoms with Crippen molar-refractivity contribution in [3.63, 3.8) is 0 Å². The minimum absolute atomic E-state index is 0.138. The number of fused-ring (bicyclic) bond motifs is 2. The predicted octanol–water partition coefficient (Wildman–Crippen LogP) is 7.11. The molecule has 0 aliphatic rings. The summed E-state index contributed by atoms with van der Waals surface area (Å²) in [6.07, 6.45) is 7.25. The largest absolute Gasteiger partial charge is 0.300 e. The van der Waals surface area contributed by atoms with Crippen molar-refractivity contribution in [1.29, 1.82) is 0 Å². The number of ketones is 2. The zero-order valence-electron chi connectivity index (χ0n) is 25.1. The maximum Gasteiger partial charge on any atom is 0.133 e. The molecule has 4 aromatic rings. The van der Waals surface area contributed by atoms with Crippen LogP contribution in [0.15, 0.2) is 36.7 Å². The van der Waals surface area contributed by atoms with Gasteiger partial charge in [0.25, 0.3) is 0 Å². The van der Waals surface area contributed by atoms with Crippen LogP contribution in [0.4, 0.5) is 0 Å². The van der Waals surface area contributed by atoms with Crippen LogP contribution in [0.2, 0.25) is 0 Å². The molecule has 0 fully saturated rings. The zero-order chi connectivity index (χ0) is 28.6. The SMILES string of the molecule is CC.CC[C@H](Cc1cc(C)c2c(cnn2C)c1)C(C)=O.CC[C@H](Cc1cc(C)c2c(cnn2C)c1)C(C)=O. The lowest BCUT2D eigenvalue weighted by Crippen LogP contribution is -2.12. The van der Waals surface area contributed by atoms with Crippen molar-refractivity contribution in [2.45, 2.75) is 81.1 Å². The summed E-state index contributed by atoms with van der Waals surface area (Å²) >= 11 is 0. The number of aryl methyl sites for hydroxylation is 4. The highest BCUT2D eigenvalue weighted by molar-refractivity contribution is 5.84. The van der Waals surface area contributed by atoms with Gasteiger partial charge in [-0.2, -0.15) is 10.2 Å². The molecule has 0 radical (unpaired) electrons. The Hall–Kier alpha value is -3.28. The smallest absolute Gasteiger partial charge is 0.133 e. The highest BCUT2D eigenvalue weighted by Gasteiger charge is 2.15. The second-order valence-electron chi connectivity index (χ2n) is 10.1. The van der Waals surface area contributed by atoms with Gasteiger partial charge in [-0.3, -0.25) is 19.0 Å². The van der Waals surface area contributed by atoms with Gasteiger partial charge in [-0.25, -0.2) is 0 Å². The van der Waals surface area contributed by atoms with Gasteiger partial charge < -0.3 is 0 Å². The number of aromatic nitrogens is 4. The molecule has 0 aliphatic heterocycles. The van der Waals surface area contributed by atoms with Gasteiger partial charge >= 0.3 is 0 Å². The van der Waals surface area contributed by atoms with E-state index in [2.05, 4.69) is 62.2 Å². The first kappa shape index (κ1) is 30.9. The van der Waals surface area contributed by atoms with Gasteiger partial charge in [-0.05, 0) is 87.8 Å². The Morgan fingerprint density at radius 1 is 0.711 bits per heavy atom. The minimum Gasteiger partial charge on any atom is -0.300 e. The number of nitrogens with zero attached hydrogens (tertiary/aromatic N) is 4. The summed E-state index contributed by atoms with van der Waals surface area (Å²) in [5, 5.41) is 10.9. The molecule has 0 N–H and O–H groups in total. The second-order valence-corrected chi connectivity index (χ2v) is 10.1. The van der Waals surface area contributed by atoms with Crippen molar-refractivity contribution < 1.29 is 9.59 Å². The minimum atomic E-state index is 0.138.